The third kappa shape index (κ3) is 3.12. The van der Waals surface area contributed by atoms with Crippen LogP contribution >= 0.6 is 0 Å². The first-order valence-corrected chi connectivity index (χ1v) is 6.85. The number of carboxylic acid groups (broad SMARTS) is 1. The van der Waals surface area contributed by atoms with Crippen LogP contribution in [0, 0.1) is 5.41 Å². The Morgan fingerprint density at radius 3 is 2.70 bits per heavy atom. The summed E-state index contributed by atoms with van der Waals surface area (Å²) in [6.07, 6.45) is 4.59. The van der Waals surface area contributed by atoms with Gasteiger partial charge in [0.1, 0.15) is 5.76 Å². The van der Waals surface area contributed by atoms with E-state index in [-0.39, 0.29) is 18.6 Å². The van der Waals surface area contributed by atoms with Crippen molar-refractivity contribution in [1.82, 2.24) is 10.6 Å². The highest BCUT2D eigenvalue weighted by molar-refractivity contribution is 5.78. The third-order valence-electron chi connectivity index (χ3n) is 3.92. The van der Waals surface area contributed by atoms with Gasteiger partial charge in [-0.25, -0.2) is 4.79 Å². The first-order chi connectivity index (χ1) is 9.53. The van der Waals surface area contributed by atoms with Gasteiger partial charge in [-0.2, -0.15) is 0 Å². The molecule has 20 heavy (non-hydrogen) atoms. The van der Waals surface area contributed by atoms with Crippen molar-refractivity contribution in [3.63, 3.8) is 0 Å². The van der Waals surface area contributed by atoms with E-state index in [0.717, 1.165) is 12.8 Å². The van der Waals surface area contributed by atoms with Crippen LogP contribution in [0.2, 0.25) is 0 Å². The summed E-state index contributed by atoms with van der Waals surface area (Å²) in [6.45, 7) is 1.97. The molecule has 1 unspecified atom stereocenters. The molecule has 0 bridgehead atoms. The van der Waals surface area contributed by atoms with E-state index in [1.165, 1.54) is 0 Å². The second-order valence-electron chi connectivity index (χ2n) is 5.36. The summed E-state index contributed by atoms with van der Waals surface area (Å²) in [7, 11) is 0. The Kier molecular flexibility index (Phi) is 4.32. The van der Waals surface area contributed by atoms with Crippen LogP contribution in [0.25, 0.3) is 0 Å². The summed E-state index contributed by atoms with van der Waals surface area (Å²) in [5.41, 5.74) is -0.800. The summed E-state index contributed by atoms with van der Waals surface area (Å²) in [5, 5.41) is 14.7. The van der Waals surface area contributed by atoms with Crippen LogP contribution in [0.15, 0.2) is 22.8 Å². The molecule has 2 amide bonds. The molecule has 1 aliphatic carbocycles. The van der Waals surface area contributed by atoms with Gasteiger partial charge in [0.15, 0.2) is 0 Å². The van der Waals surface area contributed by atoms with Crippen molar-refractivity contribution in [2.45, 2.75) is 38.6 Å². The maximum absolute atomic E-state index is 11.8. The maximum atomic E-state index is 11.8. The predicted molar refractivity (Wildman–Crippen MR) is 72.2 cm³/mol. The molecule has 1 aliphatic rings. The molecule has 1 aromatic heterocycles. The fourth-order valence-electron chi connectivity index (χ4n) is 2.62. The van der Waals surface area contributed by atoms with Gasteiger partial charge in [-0.15, -0.1) is 0 Å². The van der Waals surface area contributed by atoms with Crippen molar-refractivity contribution in [3.05, 3.63) is 24.2 Å². The van der Waals surface area contributed by atoms with E-state index in [4.69, 9.17) is 4.42 Å². The highest BCUT2D eigenvalue weighted by Crippen LogP contribution is 2.37. The topological polar surface area (TPSA) is 91.6 Å². The Bertz CT molecular complexity index is 464. The van der Waals surface area contributed by atoms with Gasteiger partial charge < -0.3 is 20.2 Å². The van der Waals surface area contributed by atoms with Crippen LogP contribution < -0.4 is 10.6 Å². The maximum Gasteiger partial charge on any atom is 0.315 e. The molecule has 1 atom stereocenters. The number of rotatable bonds is 5. The Labute approximate surface area is 117 Å². The van der Waals surface area contributed by atoms with E-state index in [0.29, 0.717) is 18.6 Å². The number of carbonyl (C=O) groups is 2. The van der Waals surface area contributed by atoms with Crippen molar-refractivity contribution in [2.75, 3.05) is 6.54 Å². The number of nitrogens with one attached hydrogen (secondary N) is 2. The number of hydrogen-bond acceptors (Lipinski definition) is 3. The van der Waals surface area contributed by atoms with Crippen molar-refractivity contribution in [2.24, 2.45) is 5.41 Å². The fraction of sp³-hybridized carbons (Fsp3) is 0.571. The van der Waals surface area contributed by atoms with Crippen molar-refractivity contribution in [1.29, 1.82) is 0 Å². The zero-order valence-electron chi connectivity index (χ0n) is 11.5. The van der Waals surface area contributed by atoms with Crippen LogP contribution in [0.4, 0.5) is 4.79 Å². The molecule has 3 N–H and O–H groups in total. The van der Waals surface area contributed by atoms with E-state index in [2.05, 4.69) is 10.6 Å². The molecule has 0 saturated heterocycles. The lowest BCUT2D eigenvalue weighted by molar-refractivity contribution is -0.148. The fourth-order valence-corrected chi connectivity index (χ4v) is 2.62. The first-order valence-electron chi connectivity index (χ1n) is 6.85. The first kappa shape index (κ1) is 14.4. The molecule has 6 heteroatoms. The molecule has 110 valence electrons. The zero-order chi connectivity index (χ0) is 14.6. The molecule has 1 saturated carbocycles. The molecule has 0 aromatic carbocycles. The largest absolute Gasteiger partial charge is 0.481 e. The molecule has 0 aliphatic heterocycles. The average Bonchev–Trinajstić information content (AvgIpc) is 3.08. The normalized spacial score (nSPS) is 18.4. The van der Waals surface area contributed by atoms with Crippen molar-refractivity contribution >= 4 is 12.0 Å². The minimum Gasteiger partial charge on any atom is -0.481 e. The van der Waals surface area contributed by atoms with Crippen LogP contribution in [-0.2, 0) is 4.79 Å². The minimum absolute atomic E-state index is 0.166. The summed E-state index contributed by atoms with van der Waals surface area (Å²) in [4.78, 5) is 23.2. The molecule has 1 heterocycles. The highest BCUT2D eigenvalue weighted by Gasteiger charge is 2.41. The second kappa shape index (κ2) is 5.98. The zero-order valence-corrected chi connectivity index (χ0v) is 11.5. The van der Waals surface area contributed by atoms with Gasteiger partial charge in [0.05, 0.1) is 17.7 Å². The van der Waals surface area contributed by atoms with E-state index >= 15 is 0 Å². The van der Waals surface area contributed by atoms with Gasteiger partial charge in [0.2, 0.25) is 0 Å². The quantitative estimate of drug-likeness (QED) is 0.771. The van der Waals surface area contributed by atoms with Crippen LogP contribution in [0.3, 0.4) is 0 Å². The monoisotopic (exact) mass is 280 g/mol. The Morgan fingerprint density at radius 2 is 2.15 bits per heavy atom. The number of furan rings is 1. The van der Waals surface area contributed by atoms with Crippen molar-refractivity contribution < 1.29 is 19.1 Å². The summed E-state index contributed by atoms with van der Waals surface area (Å²) >= 11 is 0. The van der Waals surface area contributed by atoms with E-state index in [1.807, 2.05) is 0 Å². The standard InChI is InChI=1S/C14H20N2O4/c1-10(11-5-4-8-20-11)16-13(19)15-9-14(12(17)18)6-2-3-7-14/h4-5,8,10H,2-3,6-7,9H2,1H3,(H,17,18)(H2,15,16,19). The van der Waals surface area contributed by atoms with Crippen LogP contribution in [0.5, 0.6) is 0 Å². The SMILES string of the molecule is CC(NC(=O)NCC1(C(=O)O)CCCC1)c1ccco1. The van der Waals surface area contributed by atoms with Gasteiger partial charge in [0, 0.05) is 6.54 Å². The Morgan fingerprint density at radius 1 is 1.45 bits per heavy atom. The van der Waals surface area contributed by atoms with E-state index in [1.54, 1.807) is 25.3 Å². The summed E-state index contributed by atoms with van der Waals surface area (Å²) < 4.78 is 5.20. The minimum atomic E-state index is -0.825. The lowest BCUT2D eigenvalue weighted by Gasteiger charge is -2.24. The average molecular weight is 280 g/mol. The molecular formula is C14H20N2O4. The predicted octanol–water partition coefficient (Wildman–Crippen LogP) is 2.28. The summed E-state index contributed by atoms with van der Waals surface area (Å²) in [6, 6.07) is 2.90. The lowest BCUT2D eigenvalue weighted by Crippen LogP contribution is -2.45. The second-order valence-corrected chi connectivity index (χ2v) is 5.36. The number of carbonyl (C=O) groups excluding carboxylic acids is 1. The smallest absolute Gasteiger partial charge is 0.315 e. The van der Waals surface area contributed by atoms with Gasteiger partial charge in [-0.05, 0) is 31.9 Å². The molecule has 1 aromatic rings. The molecular weight excluding hydrogens is 260 g/mol. The Balaban J connectivity index is 1.84. The molecule has 0 spiro atoms. The van der Waals surface area contributed by atoms with Crippen LogP contribution in [-0.4, -0.2) is 23.7 Å². The highest BCUT2D eigenvalue weighted by atomic mass is 16.4. The van der Waals surface area contributed by atoms with Gasteiger partial charge >= 0.3 is 12.0 Å². The number of carboxylic acids is 1. The molecule has 0 radical (unpaired) electrons. The van der Waals surface area contributed by atoms with Gasteiger partial charge in [-0.3, -0.25) is 4.79 Å². The van der Waals surface area contributed by atoms with E-state index in [9.17, 15) is 14.7 Å². The summed E-state index contributed by atoms with van der Waals surface area (Å²) in [5.74, 6) is -0.164. The number of amides is 2. The lowest BCUT2D eigenvalue weighted by atomic mass is 9.86. The van der Waals surface area contributed by atoms with Crippen LogP contribution in [0.1, 0.15) is 44.4 Å². The third-order valence-corrected chi connectivity index (χ3v) is 3.92. The molecule has 2 rings (SSSR count). The molecule has 1 fully saturated rings. The van der Waals surface area contributed by atoms with Gasteiger partial charge in [0.25, 0.3) is 0 Å². The number of urea groups is 1. The van der Waals surface area contributed by atoms with Crippen molar-refractivity contribution in [3.8, 4) is 0 Å². The van der Waals surface area contributed by atoms with Gasteiger partial charge in [-0.1, -0.05) is 12.8 Å². The number of hydrogen-bond donors (Lipinski definition) is 3. The number of aliphatic carboxylic acids is 1. The Hall–Kier alpha value is -1.98. The van der Waals surface area contributed by atoms with E-state index < -0.39 is 11.4 Å². The molecule has 6 nitrogen and oxygen atoms in total.